The Morgan fingerprint density at radius 2 is 2.30 bits per heavy atom. The molecule has 1 aromatic carbocycles. The molecule has 2 aliphatic heterocycles. The molecule has 118 valence electrons. The zero-order chi connectivity index (χ0) is 16.1. The quantitative estimate of drug-likeness (QED) is 0.757. The molecule has 4 rings (SSSR count). The summed E-state index contributed by atoms with van der Waals surface area (Å²) in [7, 11) is 0. The highest BCUT2D eigenvalue weighted by Crippen LogP contribution is 2.41. The number of hydrogen-bond donors (Lipinski definition) is 0. The van der Waals surface area contributed by atoms with E-state index in [1.165, 1.54) is 0 Å². The van der Waals surface area contributed by atoms with Gasteiger partial charge >= 0.3 is 5.97 Å². The second-order valence-electron chi connectivity index (χ2n) is 5.53. The fourth-order valence-electron chi connectivity index (χ4n) is 3.18. The van der Waals surface area contributed by atoms with E-state index in [1.807, 2.05) is 22.8 Å². The highest BCUT2D eigenvalue weighted by molar-refractivity contribution is 9.10. The van der Waals surface area contributed by atoms with Crippen LogP contribution in [0.4, 0.5) is 0 Å². The van der Waals surface area contributed by atoms with Crippen LogP contribution in [-0.2, 0) is 4.74 Å². The molecular formula is C16H14BrN3O3. The Hall–Kier alpha value is -2.15. The number of imidazole rings is 1. The van der Waals surface area contributed by atoms with Gasteiger partial charge in [0.1, 0.15) is 6.33 Å². The van der Waals surface area contributed by atoms with Crippen LogP contribution in [0, 0.1) is 0 Å². The summed E-state index contributed by atoms with van der Waals surface area (Å²) >= 11 is 3.42. The molecule has 0 radical (unpaired) electrons. The Balaban J connectivity index is 1.94. The van der Waals surface area contributed by atoms with Crippen LogP contribution in [0.25, 0.3) is 5.69 Å². The zero-order valence-electron chi connectivity index (χ0n) is 12.5. The third-order valence-corrected chi connectivity index (χ3v) is 4.81. The minimum atomic E-state index is -0.443. The van der Waals surface area contributed by atoms with Gasteiger partial charge in [0.15, 0.2) is 5.69 Å². The van der Waals surface area contributed by atoms with E-state index < -0.39 is 5.97 Å². The molecule has 1 fully saturated rings. The number of hydrogen-bond acceptors (Lipinski definition) is 4. The lowest BCUT2D eigenvalue weighted by atomic mass is 9.97. The number of ether oxygens (including phenoxy) is 1. The van der Waals surface area contributed by atoms with Gasteiger partial charge < -0.3 is 9.64 Å². The molecule has 0 N–H and O–H groups in total. The van der Waals surface area contributed by atoms with Crippen LogP contribution in [0.5, 0.6) is 0 Å². The predicted octanol–water partition coefficient (Wildman–Crippen LogP) is 2.71. The van der Waals surface area contributed by atoms with Crippen LogP contribution in [0.2, 0.25) is 0 Å². The van der Waals surface area contributed by atoms with Gasteiger partial charge in [-0.1, -0.05) is 15.9 Å². The number of rotatable bonds is 2. The summed E-state index contributed by atoms with van der Waals surface area (Å²) in [5, 5.41) is 0. The molecule has 1 amide bonds. The Morgan fingerprint density at radius 1 is 1.48 bits per heavy atom. The van der Waals surface area contributed by atoms with Crippen LogP contribution in [-0.4, -0.2) is 39.5 Å². The first-order valence-corrected chi connectivity index (χ1v) is 8.26. The van der Waals surface area contributed by atoms with Gasteiger partial charge in [0.25, 0.3) is 5.91 Å². The summed E-state index contributed by atoms with van der Waals surface area (Å²) in [4.78, 5) is 31.0. The van der Waals surface area contributed by atoms with Gasteiger partial charge in [0.05, 0.1) is 29.6 Å². The number of carbonyl (C=O) groups is 2. The number of fused-ring (bicyclic) bond motifs is 5. The summed E-state index contributed by atoms with van der Waals surface area (Å²) in [6.45, 7) is 2.74. The highest BCUT2D eigenvalue weighted by atomic mass is 79.9. The van der Waals surface area contributed by atoms with Crippen LogP contribution in [0.3, 0.4) is 0 Å². The molecule has 0 bridgehead atoms. The lowest BCUT2D eigenvalue weighted by Crippen LogP contribution is -2.45. The highest BCUT2D eigenvalue weighted by Gasteiger charge is 2.42. The minimum Gasteiger partial charge on any atom is -0.461 e. The number of carbonyl (C=O) groups excluding carboxylic acids is 2. The van der Waals surface area contributed by atoms with Crippen LogP contribution < -0.4 is 0 Å². The molecule has 23 heavy (non-hydrogen) atoms. The molecular weight excluding hydrogens is 362 g/mol. The van der Waals surface area contributed by atoms with Crippen molar-refractivity contribution in [1.29, 1.82) is 0 Å². The molecule has 0 aliphatic carbocycles. The van der Waals surface area contributed by atoms with Gasteiger partial charge in [-0.15, -0.1) is 0 Å². The van der Waals surface area contributed by atoms with E-state index in [9.17, 15) is 9.59 Å². The lowest BCUT2D eigenvalue weighted by Gasteiger charge is -2.39. The molecule has 2 aromatic rings. The van der Waals surface area contributed by atoms with Gasteiger partial charge in [0, 0.05) is 11.0 Å². The van der Waals surface area contributed by atoms with Gasteiger partial charge in [0.2, 0.25) is 0 Å². The molecule has 1 atom stereocenters. The van der Waals surface area contributed by atoms with Crippen molar-refractivity contribution in [3.05, 3.63) is 46.0 Å². The monoisotopic (exact) mass is 375 g/mol. The van der Waals surface area contributed by atoms with Crippen molar-refractivity contribution < 1.29 is 14.3 Å². The average Bonchev–Trinajstić information content (AvgIpc) is 2.88. The van der Waals surface area contributed by atoms with Gasteiger partial charge in [-0.05, 0) is 31.5 Å². The van der Waals surface area contributed by atoms with E-state index in [2.05, 4.69) is 20.9 Å². The third-order valence-electron chi connectivity index (χ3n) is 4.32. The standard InChI is InChI=1S/C16H14BrN3O3/c1-2-23-16(22)13-14-12-5-6-19(12)15(21)10-7-9(17)3-4-11(10)20(14)8-18-13/h3-4,7-8,12H,2,5-6H2,1H3/t12-/m0/s1. The number of nitrogens with zero attached hydrogens (tertiary/aromatic N) is 3. The molecule has 0 saturated carbocycles. The number of halogens is 1. The molecule has 3 heterocycles. The smallest absolute Gasteiger partial charge is 0.358 e. The first-order valence-electron chi connectivity index (χ1n) is 7.47. The van der Waals surface area contributed by atoms with Crippen LogP contribution in [0.1, 0.15) is 45.9 Å². The molecule has 1 aromatic heterocycles. The maximum atomic E-state index is 12.8. The predicted molar refractivity (Wildman–Crippen MR) is 85.6 cm³/mol. The average molecular weight is 376 g/mol. The maximum Gasteiger partial charge on any atom is 0.358 e. The number of amides is 1. The number of aromatic nitrogens is 2. The summed E-state index contributed by atoms with van der Waals surface area (Å²) in [5.41, 5.74) is 2.38. The zero-order valence-corrected chi connectivity index (χ0v) is 14.0. The van der Waals surface area contributed by atoms with E-state index in [0.717, 1.165) is 22.3 Å². The lowest BCUT2D eigenvalue weighted by molar-refractivity contribution is 0.0428. The summed E-state index contributed by atoms with van der Waals surface area (Å²) in [6.07, 6.45) is 2.42. The van der Waals surface area contributed by atoms with Gasteiger partial charge in [-0.25, -0.2) is 9.78 Å². The van der Waals surface area contributed by atoms with E-state index in [0.29, 0.717) is 24.4 Å². The van der Waals surface area contributed by atoms with E-state index >= 15 is 0 Å². The molecule has 6 nitrogen and oxygen atoms in total. The Bertz CT molecular complexity index is 830. The maximum absolute atomic E-state index is 12.8. The van der Waals surface area contributed by atoms with Gasteiger partial charge in [-0.3, -0.25) is 9.36 Å². The first kappa shape index (κ1) is 14.4. The van der Waals surface area contributed by atoms with E-state index in [-0.39, 0.29) is 11.9 Å². The van der Waals surface area contributed by atoms with Crippen molar-refractivity contribution in [1.82, 2.24) is 14.5 Å². The number of esters is 1. The van der Waals surface area contributed by atoms with Crippen molar-refractivity contribution in [3.63, 3.8) is 0 Å². The van der Waals surface area contributed by atoms with Crippen molar-refractivity contribution >= 4 is 27.8 Å². The molecule has 1 saturated heterocycles. The van der Waals surface area contributed by atoms with Gasteiger partial charge in [-0.2, -0.15) is 0 Å². The van der Waals surface area contributed by atoms with Crippen LogP contribution >= 0.6 is 15.9 Å². The Labute approximate surface area is 141 Å². The number of benzene rings is 1. The van der Waals surface area contributed by atoms with E-state index in [1.54, 1.807) is 18.2 Å². The topological polar surface area (TPSA) is 64.4 Å². The summed E-state index contributed by atoms with van der Waals surface area (Å²) in [5.74, 6) is -0.461. The van der Waals surface area contributed by atoms with Crippen molar-refractivity contribution in [2.75, 3.05) is 13.2 Å². The van der Waals surface area contributed by atoms with Crippen molar-refractivity contribution in [2.45, 2.75) is 19.4 Å². The Kier molecular flexibility index (Phi) is 3.26. The normalized spacial score (nSPS) is 18.4. The molecule has 2 aliphatic rings. The Morgan fingerprint density at radius 3 is 3.00 bits per heavy atom. The van der Waals surface area contributed by atoms with Crippen LogP contribution in [0.15, 0.2) is 29.0 Å². The van der Waals surface area contributed by atoms with E-state index in [4.69, 9.17) is 4.74 Å². The van der Waals surface area contributed by atoms with Crippen molar-refractivity contribution in [3.8, 4) is 5.69 Å². The second-order valence-corrected chi connectivity index (χ2v) is 6.45. The fraction of sp³-hybridized carbons (Fsp3) is 0.312. The fourth-order valence-corrected chi connectivity index (χ4v) is 3.55. The summed E-state index contributed by atoms with van der Waals surface area (Å²) in [6, 6.07) is 5.42. The SMILES string of the molecule is CCOC(=O)c1ncn2c1[C@@H]1CCN1C(=O)c1cc(Br)ccc1-2. The molecule has 0 unspecified atom stereocenters. The minimum absolute atomic E-state index is 0.0175. The first-order chi connectivity index (χ1) is 11.1. The third kappa shape index (κ3) is 2.03. The molecule has 0 spiro atoms. The van der Waals surface area contributed by atoms with Crippen molar-refractivity contribution in [2.24, 2.45) is 0 Å². The second kappa shape index (κ2) is 5.19. The molecule has 7 heteroatoms. The summed E-state index contributed by atoms with van der Waals surface area (Å²) < 4.78 is 7.80. The largest absolute Gasteiger partial charge is 0.461 e.